The highest BCUT2D eigenvalue weighted by molar-refractivity contribution is 5.72. The van der Waals surface area contributed by atoms with Gasteiger partial charge in [-0.25, -0.2) is 4.79 Å². The lowest BCUT2D eigenvalue weighted by molar-refractivity contribution is -0.139. The summed E-state index contributed by atoms with van der Waals surface area (Å²) in [7, 11) is 0. The van der Waals surface area contributed by atoms with E-state index in [-0.39, 0.29) is 19.5 Å². The average molecular weight is 271 g/mol. The van der Waals surface area contributed by atoms with E-state index >= 15 is 0 Å². The van der Waals surface area contributed by atoms with Crippen LogP contribution in [0.1, 0.15) is 6.42 Å². The van der Waals surface area contributed by atoms with Crippen LogP contribution in [0, 0.1) is 0 Å². The normalized spacial score (nSPS) is 12.1. The second kappa shape index (κ2) is 5.96. The summed E-state index contributed by atoms with van der Waals surface area (Å²) in [5.74, 6) is -2.43. The smallest absolute Gasteiger partial charge is 0.331 e. The Kier molecular flexibility index (Phi) is 4.59. The van der Waals surface area contributed by atoms with Gasteiger partial charge in [-0.1, -0.05) is 0 Å². The lowest BCUT2D eigenvalue weighted by Gasteiger charge is -2.11. The highest BCUT2D eigenvalue weighted by Gasteiger charge is 2.14. The third-order valence-corrected chi connectivity index (χ3v) is 2.40. The van der Waals surface area contributed by atoms with Gasteiger partial charge in [0.2, 0.25) is 0 Å². The van der Waals surface area contributed by atoms with Crippen molar-refractivity contribution >= 4 is 11.9 Å². The quantitative estimate of drug-likeness (QED) is 0.537. The molecule has 1 rings (SSSR count). The van der Waals surface area contributed by atoms with Crippen LogP contribution >= 0.6 is 0 Å². The van der Waals surface area contributed by atoms with Crippen LogP contribution in [0.15, 0.2) is 21.9 Å². The summed E-state index contributed by atoms with van der Waals surface area (Å²) in [6, 6.07) is -0.235. The first-order valence-electron chi connectivity index (χ1n) is 5.33. The topological polar surface area (TPSA) is 145 Å². The van der Waals surface area contributed by atoms with Crippen molar-refractivity contribution < 1.29 is 19.8 Å². The number of nitrogens with two attached hydrogens (primary N) is 1. The SMILES string of the molecule is NC(Cn1ccc(=O)n(CCC(=O)O)c1=O)C(=O)O. The van der Waals surface area contributed by atoms with E-state index in [0.29, 0.717) is 0 Å². The maximum Gasteiger partial charge on any atom is 0.331 e. The molecule has 0 saturated heterocycles. The Hall–Kier alpha value is -2.42. The number of rotatable bonds is 6. The molecule has 1 aromatic rings. The Morgan fingerprint density at radius 3 is 2.47 bits per heavy atom. The number of carboxylic acids is 2. The van der Waals surface area contributed by atoms with Crippen molar-refractivity contribution in [3.05, 3.63) is 33.1 Å². The van der Waals surface area contributed by atoms with Crippen LogP contribution in [0.5, 0.6) is 0 Å². The fraction of sp³-hybridized carbons (Fsp3) is 0.400. The van der Waals surface area contributed by atoms with Gasteiger partial charge in [-0.2, -0.15) is 0 Å². The predicted molar refractivity (Wildman–Crippen MR) is 62.8 cm³/mol. The molecule has 1 unspecified atom stereocenters. The van der Waals surface area contributed by atoms with Gasteiger partial charge in [0.25, 0.3) is 5.56 Å². The monoisotopic (exact) mass is 271 g/mol. The number of carbonyl (C=O) groups is 2. The van der Waals surface area contributed by atoms with Crippen LogP contribution in [-0.4, -0.2) is 37.3 Å². The molecular formula is C10H13N3O6. The van der Waals surface area contributed by atoms with Gasteiger partial charge in [-0.15, -0.1) is 0 Å². The summed E-state index contributed by atoms with van der Waals surface area (Å²) in [5.41, 5.74) is 3.85. The van der Waals surface area contributed by atoms with E-state index in [2.05, 4.69) is 0 Å². The molecule has 4 N–H and O–H groups in total. The molecule has 0 radical (unpaired) electrons. The van der Waals surface area contributed by atoms with Crippen LogP contribution in [-0.2, 0) is 22.7 Å². The molecule has 0 amide bonds. The van der Waals surface area contributed by atoms with Gasteiger partial charge in [-0.3, -0.25) is 23.5 Å². The molecule has 0 fully saturated rings. The molecule has 0 aromatic carbocycles. The maximum absolute atomic E-state index is 11.8. The molecule has 0 bridgehead atoms. The minimum atomic E-state index is -1.29. The van der Waals surface area contributed by atoms with E-state index < -0.39 is 29.2 Å². The first kappa shape index (κ1) is 14.6. The molecular weight excluding hydrogens is 258 g/mol. The Balaban J connectivity index is 3.06. The Morgan fingerprint density at radius 2 is 1.95 bits per heavy atom. The number of aromatic nitrogens is 2. The maximum atomic E-state index is 11.8. The summed E-state index contributed by atoms with van der Waals surface area (Å²) in [5, 5.41) is 17.2. The second-order valence-corrected chi connectivity index (χ2v) is 3.83. The van der Waals surface area contributed by atoms with Gasteiger partial charge in [0, 0.05) is 18.8 Å². The molecule has 1 atom stereocenters. The van der Waals surface area contributed by atoms with E-state index in [4.69, 9.17) is 15.9 Å². The molecule has 0 aliphatic rings. The highest BCUT2D eigenvalue weighted by Crippen LogP contribution is 1.88. The zero-order valence-corrected chi connectivity index (χ0v) is 9.85. The lowest BCUT2D eigenvalue weighted by Crippen LogP contribution is -2.44. The number of carboxylic acid groups (broad SMARTS) is 2. The van der Waals surface area contributed by atoms with Crippen LogP contribution in [0.2, 0.25) is 0 Å². The number of hydrogen-bond donors (Lipinski definition) is 3. The number of aliphatic carboxylic acids is 2. The predicted octanol–water partition coefficient (Wildman–Crippen LogP) is -2.10. The first-order valence-corrected chi connectivity index (χ1v) is 5.33. The van der Waals surface area contributed by atoms with E-state index in [1.807, 2.05) is 0 Å². The minimum absolute atomic E-state index is 0.282. The van der Waals surface area contributed by atoms with Crippen molar-refractivity contribution in [1.29, 1.82) is 0 Å². The van der Waals surface area contributed by atoms with Crippen molar-refractivity contribution in [2.75, 3.05) is 0 Å². The summed E-state index contributed by atoms with van der Waals surface area (Å²) in [6.07, 6.45) is 0.745. The molecule has 1 aromatic heterocycles. The minimum Gasteiger partial charge on any atom is -0.481 e. The fourth-order valence-electron chi connectivity index (χ4n) is 1.40. The Labute approximate surface area is 106 Å². The van der Waals surface area contributed by atoms with Gasteiger partial charge in [-0.05, 0) is 0 Å². The third kappa shape index (κ3) is 3.78. The van der Waals surface area contributed by atoms with Crippen LogP contribution in [0.3, 0.4) is 0 Å². The summed E-state index contributed by atoms with van der Waals surface area (Å²) < 4.78 is 1.69. The summed E-state index contributed by atoms with van der Waals surface area (Å²) in [6.45, 7) is -0.586. The zero-order chi connectivity index (χ0) is 14.6. The van der Waals surface area contributed by atoms with Gasteiger partial charge in [0.1, 0.15) is 6.04 Å². The molecule has 0 aliphatic heterocycles. The van der Waals surface area contributed by atoms with E-state index in [0.717, 1.165) is 21.4 Å². The largest absolute Gasteiger partial charge is 0.481 e. The molecule has 9 heteroatoms. The van der Waals surface area contributed by atoms with Gasteiger partial charge in [0.15, 0.2) is 0 Å². The Bertz CT molecular complexity index is 602. The van der Waals surface area contributed by atoms with Crippen LogP contribution < -0.4 is 17.0 Å². The number of nitrogens with zero attached hydrogens (tertiary/aromatic N) is 2. The van der Waals surface area contributed by atoms with Crippen molar-refractivity contribution in [3.63, 3.8) is 0 Å². The first-order chi connectivity index (χ1) is 8.82. The number of hydrogen-bond acceptors (Lipinski definition) is 5. The lowest BCUT2D eigenvalue weighted by atomic mass is 10.3. The Morgan fingerprint density at radius 1 is 1.32 bits per heavy atom. The molecule has 9 nitrogen and oxygen atoms in total. The molecule has 1 heterocycles. The van der Waals surface area contributed by atoms with Crippen molar-refractivity contribution in [3.8, 4) is 0 Å². The zero-order valence-electron chi connectivity index (χ0n) is 9.85. The molecule has 104 valence electrons. The molecule has 0 aliphatic carbocycles. The summed E-state index contributed by atoms with van der Waals surface area (Å²) in [4.78, 5) is 44.3. The van der Waals surface area contributed by atoms with Gasteiger partial charge in [0.05, 0.1) is 13.0 Å². The van der Waals surface area contributed by atoms with Gasteiger partial charge < -0.3 is 15.9 Å². The van der Waals surface area contributed by atoms with Crippen molar-refractivity contribution in [2.24, 2.45) is 5.73 Å². The third-order valence-electron chi connectivity index (χ3n) is 2.40. The fourth-order valence-corrected chi connectivity index (χ4v) is 1.40. The average Bonchev–Trinajstić information content (AvgIpc) is 2.32. The van der Waals surface area contributed by atoms with Crippen LogP contribution in [0.4, 0.5) is 0 Å². The van der Waals surface area contributed by atoms with Crippen LogP contribution in [0.25, 0.3) is 0 Å². The van der Waals surface area contributed by atoms with Crippen molar-refractivity contribution in [2.45, 2.75) is 25.6 Å². The summed E-state index contributed by atoms with van der Waals surface area (Å²) >= 11 is 0. The van der Waals surface area contributed by atoms with E-state index in [1.54, 1.807) is 0 Å². The second-order valence-electron chi connectivity index (χ2n) is 3.83. The highest BCUT2D eigenvalue weighted by atomic mass is 16.4. The molecule has 0 spiro atoms. The van der Waals surface area contributed by atoms with Crippen molar-refractivity contribution in [1.82, 2.24) is 9.13 Å². The molecule has 19 heavy (non-hydrogen) atoms. The van der Waals surface area contributed by atoms with Gasteiger partial charge >= 0.3 is 17.6 Å². The van der Waals surface area contributed by atoms with E-state index in [9.17, 15) is 19.2 Å². The molecule has 0 saturated carbocycles. The standard InChI is InChI=1S/C10H13N3O6/c11-6(9(17)18)5-12-3-1-7(14)13(10(12)19)4-2-8(15)16/h1,3,6H,2,4-5,11H2,(H,15,16)(H,17,18). The van der Waals surface area contributed by atoms with E-state index in [1.165, 1.54) is 0 Å².